The van der Waals surface area contributed by atoms with Gasteiger partial charge in [0.05, 0.1) is 0 Å². The first kappa shape index (κ1) is 10.7. The third-order valence-corrected chi connectivity index (χ3v) is 2.49. The number of hydrogen-bond acceptors (Lipinski definition) is 5. The summed E-state index contributed by atoms with van der Waals surface area (Å²) in [7, 11) is 0. The number of nitrogen functional groups attached to an aromatic ring is 1. The van der Waals surface area contributed by atoms with E-state index in [4.69, 9.17) is 5.73 Å². The van der Waals surface area contributed by atoms with Crippen LogP contribution in [0.5, 0.6) is 0 Å². The predicted octanol–water partition coefficient (Wildman–Crippen LogP) is 0.0577. The molecule has 4 N–H and O–H groups in total. The summed E-state index contributed by atoms with van der Waals surface area (Å²) in [5.41, 5.74) is 6.36. The summed E-state index contributed by atoms with van der Waals surface area (Å²) in [6.45, 7) is 2.53. The van der Waals surface area contributed by atoms with E-state index in [2.05, 4.69) is 20.6 Å². The number of amides is 1. The van der Waals surface area contributed by atoms with Gasteiger partial charge in [0, 0.05) is 30.8 Å². The minimum Gasteiger partial charge on any atom is -0.368 e. The highest BCUT2D eigenvalue weighted by Crippen LogP contribution is 2.10. The maximum atomic E-state index is 11.0. The molecule has 1 aliphatic heterocycles. The van der Waals surface area contributed by atoms with Crippen LogP contribution in [0.3, 0.4) is 0 Å². The third kappa shape index (κ3) is 2.59. The molecule has 0 bridgehead atoms. The van der Waals surface area contributed by atoms with E-state index >= 15 is 0 Å². The van der Waals surface area contributed by atoms with Crippen LogP contribution in [-0.2, 0) is 4.79 Å². The lowest BCUT2D eigenvalue weighted by atomic mass is 10.2. The maximum Gasteiger partial charge on any atom is 0.222 e. The molecule has 0 spiro atoms. The number of nitrogens with zero attached hydrogens (tertiary/aromatic N) is 2. The topological polar surface area (TPSA) is 92.9 Å². The van der Waals surface area contributed by atoms with Crippen molar-refractivity contribution in [2.24, 2.45) is 0 Å². The highest BCUT2D eigenvalue weighted by atomic mass is 16.1. The van der Waals surface area contributed by atoms with E-state index in [1.165, 1.54) is 0 Å². The van der Waals surface area contributed by atoms with E-state index in [9.17, 15) is 4.79 Å². The average Bonchev–Trinajstić information content (AvgIpc) is 2.60. The second kappa shape index (κ2) is 4.34. The number of nitrogens with one attached hydrogen (secondary N) is 2. The molecule has 16 heavy (non-hydrogen) atoms. The van der Waals surface area contributed by atoms with Crippen LogP contribution < -0.4 is 16.4 Å². The van der Waals surface area contributed by atoms with Gasteiger partial charge < -0.3 is 16.4 Å². The van der Waals surface area contributed by atoms with E-state index in [0.717, 1.165) is 12.1 Å². The SMILES string of the molecule is Cc1cc(NCC2CCC(=O)N2)nc(N)n1. The smallest absolute Gasteiger partial charge is 0.222 e. The van der Waals surface area contributed by atoms with Crippen LogP contribution >= 0.6 is 0 Å². The Morgan fingerprint density at radius 3 is 3.06 bits per heavy atom. The molecule has 1 amide bonds. The standard InChI is InChI=1S/C10H15N5O/c1-6-4-8(15-10(11)13-6)12-5-7-2-3-9(16)14-7/h4,7H,2-3,5H2,1H3,(H,14,16)(H3,11,12,13,15). The fraction of sp³-hybridized carbons (Fsp3) is 0.500. The Kier molecular flexibility index (Phi) is 2.89. The van der Waals surface area contributed by atoms with Gasteiger partial charge in [0.25, 0.3) is 0 Å². The Morgan fingerprint density at radius 1 is 1.62 bits per heavy atom. The predicted molar refractivity (Wildman–Crippen MR) is 60.8 cm³/mol. The van der Waals surface area contributed by atoms with Crippen molar-refractivity contribution in [3.8, 4) is 0 Å². The molecule has 1 unspecified atom stereocenters. The fourth-order valence-corrected chi connectivity index (χ4v) is 1.74. The van der Waals surface area contributed by atoms with Gasteiger partial charge in [-0.3, -0.25) is 4.79 Å². The van der Waals surface area contributed by atoms with E-state index < -0.39 is 0 Å². The molecule has 1 fully saturated rings. The van der Waals surface area contributed by atoms with E-state index in [1.54, 1.807) is 0 Å². The maximum absolute atomic E-state index is 11.0. The van der Waals surface area contributed by atoms with Crippen LogP contribution in [0.4, 0.5) is 11.8 Å². The van der Waals surface area contributed by atoms with Crippen molar-refractivity contribution >= 4 is 17.7 Å². The average molecular weight is 221 g/mol. The summed E-state index contributed by atoms with van der Waals surface area (Å²) >= 11 is 0. The van der Waals surface area contributed by atoms with Gasteiger partial charge in [0.15, 0.2) is 0 Å². The summed E-state index contributed by atoms with van der Waals surface area (Å²) in [6, 6.07) is 2.01. The Hall–Kier alpha value is -1.85. The van der Waals surface area contributed by atoms with E-state index in [-0.39, 0.29) is 17.9 Å². The number of anilines is 2. The molecule has 0 saturated carbocycles. The molecular weight excluding hydrogens is 206 g/mol. The van der Waals surface area contributed by atoms with Crippen molar-refractivity contribution in [2.75, 3.05) is 17.6 Å². The van der Waals surface area contributed by atoms with Crippen LogP contribution in [-0.4, -0.2) is 28.5 Å². The molecule has 6 heteroatoms. The zero-order valence-electron chi connectivity index (χ0n) is 9.16. The number of carbonyl (C=O) groups excluding carboxylic acids is 1. The van der Waals surface area contributed by atoms with Crippen LogP contribution in [0, 0.1) is 6.92 Å². The van der Waals surface area contributed by atoms with Gasteiger partial charge in [-0.15, -0.1) is 0 Å². The molecule has 2 heterocycles. The molecule has 86 valence electrons. The third-order valence-electron chi connectivity index (χ3n) is 2.49. The van der Waals surface area contributed by atoms with Gasteiger partial charge >= 0.3 is 0 Å². The van der Waals surface area contributed by atoms with Crippen LogP contribution in [0.25, 0.3) is 0 Å². The lowest BCUT2D eigenvalue weighted by Crippen LogP contribution is -2.32. The Morgan fingerprint density at radius 2 is 2.44 bits per heavy atom. The van der Waals surface area contributed by atoms with E-state index in [1.807, 2.05) is 13.0 Å². The van der Waals surface area contributed by atoms with Crippen molar-refractivity contribution in [1.29, 1.82) is 0 Å². The molecule has 1 aromatic rings. The lowest BCUT2D eigenvalue weighted by Gasteiger charge is -2.12. The molecule has 6 nitrogen and oxygen atoms in total. The molecule has 1 aliphatic rings. The zero-order valence-corrected chi connectivity index (χ0v) is 9.16. The fourth-order valence-electron chi connectivity index (χ4n) is 1.74. The second-order valence-electron chi connectivity index (χ2n) is 3.94. The summed E-state index contributed by atoms with van der Waals surface area (Å²) in [5, 5.41) is 6.02. The number of aryl methyl sites for hydroxylation is 1. The number of aromatic nitrogens is 2. The summed E-state index contributed by atoms with van der Waals surface area (Å²) in [4.78, 5) is 19.0. The zero-order chi connectivity index (χ0) is 11.5. The Bertz CT molecular complexity index is 386. The molecule has 0 aliphatic carbocycles. The normalized spacial score (nSPS) is 19.6. The highest BCUT2D eigenvalue weighted by molar-refractivity contribution is 5.78. The molecular formula is C10H15N5O. The molecule has 1 saturated heterocycles. The summed E-state index contributed by atoms with van der Waals surface area (Å²) in [6.07, 6.45) is 1.47. The van der Waals surface area contributed by atoms with Crippen molar-refractivity contribution < 1.29 is 4.79 Å². The molecule has 2 rings (SSSR count). The number of hydrogen-bond donors (Lipinski definition) is 3. The first-order valence-corrected chi connectivity index (χ1v) is 5.28. The molecule has 0 aromatic carbocycles. The van der Waals surface area contributed by atoms with Crippen molar-refractivity contribution in [3.05, 3.63) is 11.8 Å². The van der Waals surface area contributed by atoms with Crippen molar-refractivity contribution in [2.45, 2.75) is 25.8 Å². The number of nitrogens with two attached hydrogens (primary N) is 1. The van der Waals surface area contributed by atoms with Crippen LogP contribution in [0.1, 0.15) is 18.5 Å². The van der Waals surface area contributed by atoms with Crippen LogP contribution in [0.2, 0.25) is 0 Å². The van der Waals surface area contributed by atoms with Crippen molar-refractivity contribution in [1.82, 2.24) is 15.3 Å². The monoisotopic (exact) mass is 221 g/mol. The Labute approximate surface area is 93.7 Å². The van der Waals surface area contributed by atoms with Gasteiger partial charge in [0.1, 0.15) is 5.82 Å². The van der Waals surface area contributed by atoms with Crippen molar-refractivity contribution in [3.63, 3.8) is 0 Å². The first-order valence-electron chi connectivity index (χ1n) is 5.28. The molecule has 0 radical (unpaired) electrons. The highest BCUT2D eigenvalue weighted by Gasteiger charge is 2.20. The largest absolute Gasteiger partial charge is 0.368 e. The lowest BCUT2D eigenvalue weighted by molar-refractivity contribution is -0.119. The Balaban J connectivity index is 1.91. The van der Waals surface area contributed by atoms with Gasteiger partial charge in [-0.25, -0.2) is 4.98 Å². The van der Waals surface area contributed by atoms with Gasteiger partial charge in [-0.05, 0) is 13.3 Å². The summed E-state index contributed by atoms with van der Waals surface area (Å²) < 4.78 is 0. The number of carbonyl (C=O) groups is 1. The van der Waals surface area contributed by atoms with Gasteiger partial charge in [-0.2, -0.15) is 4.98 Å². The van der Waals surface area contributed by atoms with Gasteiger partial charge in [-0.1, -0.05) is 0 Å². The summed E-state index contributed by atoms with van der Waals surface area (Å²) in [5.74, 6) is 1.08. The molecule has 1 atom stereocenters. The quantitative estimate of drug-likeness (QED) is 0.671. The minimum atomic E-state index is 0.116. The van der Waals surface area contributed by atoms with E-state index in [0.29, 0.717) is 18.8 Å². The minimum absolute atomic E-state index is 0.116. The van der Waals surface area contributed by atoms with Crippen LogP contribution in [0.15, 0.2) is 6.07 Å². The number of rotatable bonds is 3. The second-order valence-corrected chi connectivity index (χ2v) is 3.94. The first-order chi connectivity index (χ1) is 7.63. The van der Waals surface area contributed by atoms with Gasteiger partial charge in [0.2, 0.25) is 11.9 Å². The molecule has 1 aromatic heterocycles.